The number of hydrogen-bond donors (Lipinski definition) is 0. The van der Waals surface area contributed by atoms with E-state index in [1.165, 1.54) is 38.4 Å². The Labute approximate surface area is 112 Å². The number of hydrogen-bond acceptors (Lipinski definition) is 0. The molecule has 0 bridgehead atoms. The Hall–Kier alpha value is -2.28. The van der Waals surface area contributed by atoms with Crippen LogP contribution >= 0.6 is 0 Å². The van der Waals surface area contributed by atoms with Crippen molar-refractivity contribution in [3.8, 4) is 0 Å². The maximum Gasteiger partial charge on any atom is 0.0617 e. The summed E-state index contributed by atoms with van der Waals surface area (Å²) in [5.41, 5.74) is 5.30. The molecule has 1 nitrogen and oxygen atoms in total. The third-order valence-electron chi connectivity index (χ3n) is 4.10. The number of aryl methyl sites for hydroxylation is 1. The summed E-state index contributed by atoms with van der Waals surface area (Å²) in [6.07, 6.45) is 3.01. The van der Waals surface area contributed by atoms with Gasteiger partial charge in [0.05, 0.1) is 11.0 Å². The Balaban J connectivity index is 2.44. The van der Waals surface area contributed by atoms with Crippen LogP contribution in [0, 0.1) is 0 Å². The van der Waals surface area contributed by atoms with Crippen molar-refractivity contribution in [1.29, 1.82) is 0 Å². The first-order valence-corrected chi connectivity index (χ1v) is 6.75. The molecule has 4 rings (SSSR count). The van der Waals surface area contributed by atoms with Gasteiger partial charge in [-0.25, -0.2) is 0 Å². The minimum atomic E-state index is 1.02. The van der Waals surface area contributed by atoms with Crippen LogP contribution in [0.3, 0.4) is 0 Å². The lowest BCUT2D eigenvalue weighted by molar-refractivity contribution is 1.02. The van der Waals surface area contributed by atoms with E-state index in [-0.39, 0.29) is 0 Å². The fraction of sp³-hybridized carbons (Fsp3) is 0.111. The van der Waals surface area contributed by atoms with Crippen LogP contribution in [0.25, 0.3) is 33.3 Å². The summed E-state index contributed by atoms with van der Waals surface area (Å²) < 4.78 is 2.41. The highest BCUT2D eigenvalue weighted by molar-refractivity contribution is 6.16. The SMILES string of the molecule is C=Cc1c(CC)n2c3ccccc3c3cccc1c32. The molecule has 0 atom stereocenters. The van der Waals surface area contributed by atoms with Gasteiger partial charge in [-0.05, 0) is 12.5 Å². The first kappa shape index (κ1) is 10.6. The van der Waals surface area contributed by atoms with E-state index in [1.807, 2.05) is 6.08 Å². The average Bonchev–Trinajstić information content (AvgIpc) is 2.97. The van der Waals surface area contributed by atoms with Gasteiger partial charge in [0.1, 0.15) is 0 Å². The predicted molar refractivity (Wildman–Crippen MR) is 83.1 cm³/mol. The van der Waals surface area contributed by atoms with Gasteiger partial charge in [0, 0.05) is 27.4 Å². The van der Waals surface area contributed by atoms with Crippen molar-refractivity contribution in [2.24, 2.45) is 0 Å². The Morgan fingerprint density at radius 1 is 1.00 bits per heavy atom. The van der Waals surface area contributed by atoms with Gasteiger partial charge in [0.25, 0.3) is 0 Å². The average molecular weight is 245 g/mol. The normalized spacial score (nSPS) is 11.8. The number of aromatic nitrogens is 1. The van der Waals surface area contributed by atoms with E-state index in [2.05, 4.69) is 60.4 Å². The molecule has 0 saturated carbocycles. The van der Waals surface area contributed by atoms with Crippen molar-refractivity contribution < 1.29 is 0 Å². The zero-order valence-electron chi connectivity index (χ0n) is 11.0. The van der Waals surface area contributed by atoms with E-state index >= 15 is 0 Å². The molecular formula is C18H15N. The molecule has 4 aromatic rings. The highest BCUT2D eigenvalue weighted by Gasteiger charge is 2.18. The van der Waals surface area contributed by atoms with Gasteiger partial charge in [0.2, 0.25) is 0 Å². The molecule has 1 heteroatoms. The molecule has 0 spiro atoms. The quantitative estimate of drug-likeness (QED) is 0.473. The molecule has 2 aromatic heterocycles. The van der Waals surface area contributed by atoms with Gasteiger partial charge in [0.15, 0.2) is 0 Å². The summed E-state index contributed by atoms with van der Waals surface area (Å²) in [5, 5.41) is 4.00. The lowest BCUT2D eigenvalue weighted by Gasteiger charge is -2.00. The summed E-state index contributed by atoms with van der Waals surface area (Å²) >= 11 is 0. The second-order valence-electron chi connectivity index (χ2n) is 4.97. The van der Waals surface area contributed by atoms with E-state index in [9.17, 15) is 0 Å². The highest BCUT2D eigenvalue weighted by Crippen LogP contribution is 2.37. The van der Waals surface area contributed by atoms with Crippen molar-refractivity contribution in [2.75, 3.05) is 0 Å². The lowest BCUT2D eigenvalue weighted by Crippen LogP contribution is -1.90. The highest BCUT2D eigenvalue weighted by atomic mass is 14.9. The second-order valence-corrected chi connectivity index (χ2v) is 4.97. The van der Waals surface area contributed by atoms with E-state index in [0.29, 0.717) is 0 Å². The minimum Gasteiger partial charge on any atom is -0.312 e. The van der Waals surface area contributed by atoms with E-state index in [4.69, 9.17) is 0 Å². The summed E-state index contributed by atoms with van der Waals surface area (Å²) in [4.78, 5) is 0. The zero-order valence-corrected chi connectivity index (χ0v) is 11.0. The first-order chi connectivity index (χ1) is 9.36. The minimum absolute atomic E-state index is 1.02. The van der Waals surface area contributed by atoms with Crippen LogP contribution in [0.5, 0.6) is 0 Å². The molecule has 0 aliphatic rings. The van der Waals surface area contributed by atoms with Crippen LogP contribution in [0.4, 0.5) is 0 Å². The summed E-state index contributed by atoms with van der Waals surface area (Å²) in [7, 11) is 0. The molecular weight excluding hydrogens is 230 g/mol. The van der Waals surface area contributed by atoms with Gasteiger partial charge in [-0.2, -0.15) is 0 Å². The first-order valence-electron chi connectivity index (χ1n) is 6.75. The number of rotatable bonds is 2. The van der Waals surface area contributed by atoms with Gasteiger partial charge in [-0.15, -0.1) is 0 Å². The molecule has 19 heavy (non-hydrogen) atoms. The number of benzene rings is 2. The molecule has 0 fully saturated rings. The molecule has 0 unspecified atom stereocenters. The molecule has 0 N–H and O–H groups in total. The third-order valence-corrected chi connectivity index (χ3v) is 4.10. The number of para-hydroxylation sites is 2. The molecule has 0 aliphatic heterocycles. The van der Waals surface area contributed by atoms with Gasteiger partial charge < -0.3 is 4.40 Å². The Morgan fingerprint density at radius 3 is 2.53 bits per heavy atom. The topological polar surface area (TPSA) is 4.41 Å². The maximum absolute atomic E-state index is 4.00. The Morgan fingerprint density at radius 2 is 1.74 bits per heavy atom. The van der Waals surface area contributed by atoms with Crippen molar-refractivity contribution >= 4 is 33.3 Å². The van der Waals surface area contributed by atoms with Crippen LogP contribution in [0.1, 0.15) is 18.2 Å². The van der Waals surface area contributed by atoms with Crippen molar-refractivity contribution in [3.05, 3.63) is 60.3 Å². The van der Waals surface area contributed by atoms with Gasteiger partial charge in [-0.3, -0.25) is 0 Å². The monoisotopic (exact) mass is 245 g/mol. The maximum atomic E-state index is 4.00. The van der Waals surface area contributed by atoms with Gasteiger partial charge in [-0.1, -0.05) is 56.0 Å². The molecule has 0 saturated heterocycles. The molecule has 2 heterocycles. The van der Waals surface area contributed by atoms with Crippen molar-refractivity contribution in [1.82, 2.24) is 4.40 Å². The zero-order chi connectivity index (χ0) is 13.0. The summed E-state index contributed by atoms with van der Waals surface area (Å²) in [5.74, 6) is 0. The van der Waals surface area contributed by atoms with Crippen molar-refractivity contribution in [2.45, 2.75) is 13.3 Å². The standard InChI is InChI=1S/C18H15N/c1-3-12-14-9-7-10-15-13-8-5-6-11-17(13)19(18(14)15)16(12)4-2/h3,5-11H,1,4H2,2H3. The Kier molecular flexibility index (Phi) is 2.02. The summed E-state index contributed by atoms with van der Waals surface area (Å²) in [6, 6.07) is 15.2. The van der Waals surface area contributed by atoms with E-state index in [0.717, 1.165) is 6.42 Å². The van der Waals surface area contributed by atoms with E-state index < -0.39 is 0 Å². The fourth-order valence-electron chi connectivity index (χ4n) is 3.37. The molecule has 0 aliphatic carbocycles. The lowest BCUT2D eigenvalue weighted by atomic mass is 10.1. The van der Waals surface area contributed by atoms with E-state index in [1.54, 1.807) is 0 Å². The van der Waals surface area contributed by atoms with Crippen LogP contribution in [-0.2, 0) is 6.42 Å². The van der Waals surface area contributed by atoms with Crippen LogP contribution < -0.4 is 0 Å². The number of nitrogens with zero attached hydrogens (tertiary/aromatic N) is 1. The largest absolute Gasteiger partial charge is 0.312 e. The van der Waals surface area contributed by atoms with Crippen LogP contribution in [0.15, 0.2) is 49.0 Å². The predicted octanol–water partition coefficient (Wildman–Crippen LogP) is 4.89. The Bertz CT molecular complexity index is 911. The molecule has 0 amide bonds. The van der Waals surface area contributed by atoms with Gasteiger partial charge >= 0.3 is 0 Å². The molecule has 2 aromatic carbocycles. The smallest absolute Gasteiger partial charge is 0.0617 e. The number of fused-ring (bicyclic) bond motifs is 3. The molecule has 92 valence electrons. The van der Waals surface area contributed by atoms with Crippen molar-refractivity contribution in [3.63, 3.8) is 0 Å². The molecule has 0 radical (unpaired) electrons. The second kappa shape index (κ2) is 3.61. The fourth-order valence-corrected chi connectivity index (χ4v) is 3.37. The van der Waals surface area contributed by atoms with Crippen LogP contribution in [0.2, 0.25) is 0 Å². The van der Waals surface area contributed by atoms with Crippen LogP contribution in [-0.4, -0.2) is 4.40 Å². The summed E-state index contributed by atoms with van der Waals surface area (Å²) in [6.45, 7) is 6.21. The third kappa shape index (κ3) is 1.15.